The summed E-state index contributed by atoms with van der Waals surface area (Å²) in [5, 5.41) is 0. The first-order valence-corrected chi connectivity index (χ1v) is 4.29. The predicted octanol–water partition coefficient (Wildman–Crippen LogP) is 2.29. The Kier molecular flexibility index (Phi) is 3.02. The van der Waals surface area contributed by atoms with Crippen LogP contribution in [-0.4, -0.2) is 5.91 Å². The SMILES string of the molecule is CC(C(N)=O)c1cccc(C(F)(F)F)c1. The van der Waals surface area contributed by atoms with E-state index in [0.717, 1.165) is 12.1 Å². The summed E-state index contributed by atoms with van der Waals surface area (Å²) in [4.78, 5) is 10.8. The highest BCUT2D eigenvalue weighted by molar-refractivity contribution is 5.81. The van der Waals surface area contributed by atoms with Crippen LogP contribution >= 0.6 is 0 Å². The highest BCUT2D eigenvalue weighted by atomic mass is 19.4. The Morgan fingerprint density at radius 1 is 1.40 bits per heavy atom. The smallest absolute Gasteiger partial charge is 0.369 e. The third-order valence-corrected chi connectivity index (χ3v) is 2.14. The molecule has 0 radical (unpaired) electrons. The van der Waals surface area contributed by atoms with Crippen molar-refractivity contribution in [2.75, 3.05) is 0 Å². The normalized spacial score (nSPS) is 13.6. The summed E-state index contributed by atoms with van der Waals surface area (Å²) in [6, 6.07) is 4.61. The second-order valence-corrected chi connectivity index (χ2v) is 3.25. The van der Waals surface area contributed by atoms with Crippen molar-refractivity contribution in [3.63, 3.8) is 0 Å². The third-order valence-electron chi connectivity index (χ3n) is 2.14. The molecule has 1 atom stereocenters. The van der Waals surface area contributed by atoms with E-state index in [2.05, 4.69) is 0 Å². The van der Waals surface area contributed by atoms with Crippen LogP contribution in [-0.2, 0) is 11.0 Å². The molecule has 0 aliphatic heterocycles. The standard InChI is InChI=1S/C10H10F3NO/c1-6(9(14)15)7-3-2-4-8(5-7)10(11,12)13/h2-6H,1H3,(H2,14,15). The van der Waals surface area contributed by atoms with Crippen LogP contribution in [0.15, 0.2) is 24.3 Å². The number of alkyl halides is 3. The Labute approximate surface area is 84.9 Å². The zero-order valence-corrected chi connectivity index (χ0v) is 8.01. The molecule has 1 rings (SSSR count). The van der Waals surface area contributed by atoms with E-state index in [4.69, 9.17) is 5.73 Å². The van der Waals surface area contributed by atoms with Gasteiger partial charge in [0, 0.05) is 0 Å². The van der Waals surface area contributed by atoms with Crippen LogP contribution in [0, 0.1) is 0 Å². The first-order valence-electron chi connectivity index (χ1n) is 4.29. The van der Waals surface area contributed by atoms with Crippen molar-refractivity contribution < 1.29 is 18.0 Å². The van der Waals surface area contributed by atoms with E-state index < -0.39 is 23.6 Å². The minimum Gasteiger partial charge on any atom is -0.369 e. The van der Waals surface area contributed by atoms with Crippen LogP contribution in [0.1, 0.15) is 24.0 Å². The number of carbonyl (C=O) groups excluding carboxylic acids is 1. The lowest BCUT2D eigenvalue weighted by molar-refractivity contribution is -0.137. The molecule has 15 heavy (non-hydrogen) atoms. The van der Waals surface area contributed by atoms with Gasteiger partial charge in [0.1, 0.15) is 0 Å². The largest absolute Gasteiger partial charge is 0.416 e. The molecule has 0 spiro atoms. The second-order valence-electron chi connectivity index (χ2n) is 3.25. The zero-order chi connectivity index (χ0) is 11.6. The summed E-state index contributed by atoms with van der Waals surface area (Å²) >= 11 is 0. The van der Waals surface area contributed by atoms with Crippen LogP contribution in [0.5, 0.6) is 0 Å². The molecule has 0 saturated carbocycles. The highest BCUT2D eigenvalue weighted by Crippen LogP contribution is 2.30. The summed E-state index contributed by atoms with van der Waals surface area (Å²) in [6.07, 6.45) is -4.40. The van der Waals surface area contributed by atoms with E-state index in [9.17, 15) is 18.0 Å². The van der Waals surface area contributed by atoms with Gasteiger partial charge < -0.3 is 5.73 Å². The predicted molar refractivity (Wildman–Crippen MR) is 49.1 cm³/mol. The highest BCUT2D eigenvalue weighted by Gasteiger charge is 2.30. The molecule has 1 aromatic carbocycles. The molecule has 1 unspecified atom stereocenters. The third kappa shape index (κ3) is 2.71. The van der Waals surface area contributed by atoms with Crippen molar-refractivity contribution in [3.8, 4) is 0 Å². The van der Waals surface area contributed by atoms with Gasteiger partial charge in [-0.2, -0.15) is 13.2 Å². The molecule has 5 heteroatoms. The van der Waals surface area contributed by atoms with Gasteiger partial charge in [0.15, 0.2) is 0 Å². The van der Waals surface area contributed by atoms with Crippen LogP contribution in [0.2, 0.25) is 0 Å². The number of halogens is 3. The average molecular weight is 217 g/mol. The van der Waals surface area contributed by atoms with Gasteiger partial charge in [-0.1, -0.05) is 18.2 Å². The van der Waals surface area contributed by atoms with Crippen LogP contribution in [0.3, 0.4) is 0 Å². The molecule has 0 saturated heterocycles. The lowest BCUT2D eigenvalue weighted by Crippen LogP contribution is -2.19. The summed E-state index contributed by atoms with van der Waals surface area (Å²) in [5.74, 6) is -1.36. The van der Waals surface area contributed by atoms with Crippen LogP contribution in [0.25, 0.3) is 0 Å². The van der Waals surface area contributed by atoms with Gasteiger partial charge in [0.25, 0.3) is 0 Å². The average Bonchev–Trinajstić information content (AvgIpc) is 2.15. The molecule has 1 aromatic rings. The first kappa shape index (κ1) is 11.6. The fourth-order valence-corrected chi connectivity index (χ4v) is 1.15. The summed E-state index contributed by atoms with van der Waals surface area (Å²) in [6.45, 7) is 1.47. The van der Waals surface area contributed by atoms with Crippen LogP contribution < -0.4 is 5.73 Å². The summed E-state index contributed by atoms with van der Waals surface area (Å²) in [7, 11) is 0. The Hall–Kier alpha value is -1.52. The van der Waals surface area contributed by atoms with Gasteiger partial charge in [-0.05, 0) is 18.6 Å². The Morgan fingerprint density at radius 3 is 2.47 bits per heavy atom. The minimum atomic E-state index is -4.40. The summed E-state index contributed by atoms with van der Waals surface area (Å²) < 4.78 is 36.9. The van der Waals surface area contributed by atoms with Crippen molar-refractivity contribution in [1.82, 2.24) is 0 Å². The Morgan fingerprint density at radius 2 is 2.00 bits per heavy atom. The fourth-order valence-electron chi connectivity index (χ4n) is 1.15. The number of hydrogen-bond donors (Lipinski definition) is 1. The minimum absolute atomic E-state index is 0.275. The van der Waals surface area contributed by atoms with Gasteiger partial charge in [0.2, 0.25) is 5.91 Å². The molecule has 0 bridgehead atoms. The van der Waals surface area contributed by atoms with E-state index in [1.165, 1.54) is 19.1 Å². The molecule has 2 nitrogen and oxygen atoms in total. The van der Waals surface area contributed by atoms with Gasteiger partial charge >= 0.3 is 6.18 Å². The second kappa shape index (κ2) is 3.92. The molecule has 0 heterocycles. The van der Waals surface area contributed by atoms with E-state index in [1.54, 1.807) is 0 Å². The maximum Gasteiger partial charge on any atom is 0.416 e. The van der Waals surface area contributed by atoms with Gasteiger partial charge in [-0.15, -0.1) is 0 Å². The molecule has 0 fully saturated rings. The maximum absolute atomic E-state index is 12.3. The monoisotopic (exact) mass is 217 g/mol. The maximum atomic E-state index is 12.3. The fraction of sp³-hybridized carbons (Fsp3) is 0.300. The van der Waals surface area contributed by atoms with Crippen LogP contribution in [0.4, 0.5) is 13.2 Å². The van der Waals surface area contributed by atoms with Crippen molar-refractivity contribution in [2.45, 2.75) is 19.0 Å². The number of benzene rings is 1. The molecule has 1 amide bonds. The number of primary amides is 1. The number of rotatable bonds is 2. The van der Waals surface area contributed by atoms with E-state index >= 15 is 0 Å². The first-order chi connectivity index (χ1) is 6.82. The molecule has 0 aliphatic rings. The lowest BCUT2D eigenvalue weighted by Gasteiger charge is -2.11. The lowest BCUT2D eigenvalue weighted by atomic mass is 9.98. The van der Waals surface area contributed by atoms with Gasteiger partial charge in [-0.3, -0.25) is 4.79 Å². The topological polar surface area (TPSA) is 43.1 Å². The van der Waals surface area contributed by atoms with Gasteiger partial charge in [0.05, 0.1) is 11.5 Å². The van der Waals surface area contributed by atoms with E-state index in [-0.39, 0.29) is 5.56 Å². The number of amides is 1. The summed E-state index contributed by atoms with van der Waals surface area (Å²) in [5.41, 5.74) is 4.51. The number of carbonyl (C=O) groups is 1. The Bertz CT molecular complexity index is 373. The van der Waals surface area contributed by atoms with E-state index in [1.807, 2.05) is 0 Å². The molecule has 2 N–H and O–H groups in total. The van der Waals surface area contributed by atoms with Gasteiger partial charge in [-0.25, -0.2) is 0 Å². The number of nitrogens with two attached hydrogens (primary N) is 1. The molecule has 0 aliphatic carbocycles. The quantitative estimate of drug-likeness (QED) is 0.811. The van der Waals surface area contributed by atoms with Crippen molar-refractivity contribution in [2.24, 2.45) is 5.73 Å². The number of hydrogen-bond acceptors (Lipinski definition) is 1. The molecule has 0 aromatic heterocycles. The van der Waals surface area contributed by atoms with Crippen molar-refractivity contribution in [3.05, 3.63) is 35.4 Å². The van der Waals surface area contributed by atoms with Crippen molar-refractivity contribution in [1.29, 1.82) is 0 Å². The zero-order valence-electron chi connectivity index (χ0n) is 8.01. The molecular weight excluding hydrogens is 207 g/mol. The van der Waals surface area contributed by atoms with Crippen molar-refractivity contribution >= 4 is 5.91 Å². The molecule has 82 valence electrons. The van der Waals surface area contributed by atoms with E-state index in [0.29, 0.717) is 0 Å². The Balaban J connectivity index is 3.08. The molecular formula is C10H10F3NO.